The highest BCUT2D eigenvalue weighted by Crippen LogP contribution is 2.17. The largest absolute Gasteiger partial charge is 0.323 e. The summed E-state index contributed by atoms with van der Waals surface area (Å²) >= 11 is 6.14. The van der Waals surface area contributed by atoms with E-state index in [1.165, 1.54) is 0 Å². The zero-order chi connectivity index (χ0) is 16.1. The lowest BCUT2D eigenvalue weighted by Crippen LogP contribution is -2.13. The Kier molecular flexibility index (Phi) is 4.74. The third kappa shape index (κ3) is 4.20. The van der Waals surface area contributed by atoms with Gasteiger partial charge >= 0.3 is 0 Å². The molecule has 0 fully saturated rings. The van der Waals surface area contributed by atoms with E-state index in [2.05, 4.69) is 10.4 Å². The zero-order valence-corrected chi connectivity index (χ0v) is 13.2. The van der Waals surface area contributed by atoms with Gasteiger partial charge in [-0.15, -0.1) is 0 Å². The van der Waals surface area contributed by atoms with Gasteiger partial charge in [-0.3, -0.25) is 9.48 Å². The van der Waals surface area contributed by atoms with E-state index in [9.17, 15) is 4.79 Å². The third-order valence-corrected chi connectivity index (χ3v) is 3.78. The van der Waals surface area contributed by atoms with Crippen molar-refractivity contribution in [1.29, 1.82) is 0 Å². The highest BCUT2D eigenvalue weighted by atomic mass is 35.5. The molecule has 116 valence electrons. The van der Waals surface area contributed by atoms with Gasteiger partial charge in [0, 0.05) is 11.2 Å². The SMILES string of the molecule is O=C(Cc1ccccc1)Nc1cnn(Cc2ccccc2Cl)c1. The van der Waals surface area contributed by atoms with Gasteiger partial charge in [-0.05, 0) is 17.2 Å². The van der Waals surface area contributed by atoms with Crippen LogP contribution in [0.1, 0.15) is 11.1 Å². The highest BCUT2D eigenvalue weighted by Gasteiger charge is 2.07. The van der Waals surface area contributed by atoms with E-state index in [1.54, 1.807) is 17.1 Å². The summed E-state index contributed by atoms with van der Waals surface area (Å²) in [6.07, 6.45) is 3.78. The van der Waals surface area contributed by atoms with Gasteiger partial charge in [0.05, 0.1) is 24.8 Å². The quantitative estimate of drug-likeness (QED) is 0.776. The molecule has 0 spiro atoms. The smallest absolute Gasteiger partial charge is 0.228 e. The monoisotopic (exact) mass is 325 g/mol. The molecule has 0 aliphatic carbocycles. The fourth-order valence-corrected chi connectivity index (χ4v) is 2.50. The van der Waals surface area contributed by atoms with Crippen LogP contribution in [0.3, 0.4) is 0 Å². The van der Waals surface area contributed by atoms with Gasteiger partial charge in [0.15, 0.2) is 0 Å². The molecule has 1 N–H and O–H groups in total. The number of aromatic nitrogens is 2. The zero-order valence-electron chi connectivity index (χ0n) is 12.4. The average molecular weight is 326 g/mol. The molecule has 1 heterocycles. The fraction of sp³-hybridized carbons (Fsp3) is 0.111. The molecular weight excluding hydrogens is 310 g/mol. The maximum Gasteiger partial charge on any atom is 0.228 e. The van der Waals surface area contributed by atoms with Crippen molar-refractivity contribution < 1.29 is 4.79 Å². The van der Waals surface area contributed by atoms with Crippen molar-refractivity contribution in [2.24, 2.45) is 0 Å². The number of carbonyl (C=O) groups excluding carboxylic acids is 1. The summed E-state index contributed by atoms with van der Waals surface area (Å²) < 4.78 is 1.75. The Morgan fingerprint density at radius 3 is 2.61 bits per heavy atom. The fourth-order valence-electron chi connectivity index (χ4n) is 2.30. The molecule has 0 aliphatic heterocycles. The molecule has 0 saturated heterocycles. The molecule has 0 bridgehead atoms. The molecule has 2 aromatic carbocycles. The molecule has 3 rings (SSSR count). The molecule has 5 heteroatoms. The van der Waals surface area contributed by atoms with E-state index in [1.807, 2.05) is 54.6 Å². The summed E-state index contributed by atoms with van der Waals surface area (Å²) in [5.41, 5.74) is 2.64. The van der Waals surface area contributed by atoms with E-state index < -0.39 is 0 Å². The lowest BCUT2D eigenvalue weighted by Gasteiger charge is -2.04. The minimum Gasteiger partial charge on any atom is -0.323 e. The molecule has 0 atom stereocenters. The lowest BCUT2D eigenvalue weighted by atomic mass is 10.1. The second kappa shape index (κ2) is 7.11. The Bertz CT molecular complexity index is 799. The summed E-state index contributed by atoms with van der Waals surface area (Å²) in [6, 6.07) is 17.3. The van der Waals surface area contributed by atoms with Crippen LogP contribution < -0.4 is 5.32 Å². The standard InChI is InChI=1S/C18H16ClN3O/c19-17-9-5-4-8-15(17)12-22-13-16(11-20-22)21-18(23)10-14-6-2-1-3-7-14/h1-9,11,13H,10,12H2,(H,21,23). The summed E-state index contributed by atoms with van der Waals surface area (Å²) in [4.78, 5) is 12.0. The summed E-state index contributed by atoms with van der Waals surface area (Å²) in [5.74, 6) is -0.0616. The van der Waals surface area contributed by atoms with Gasteiger partial charge < -0.3 is 5.32 Å². The molecular formula is C18H16ClN3O. The van der Waals surface area contributed by atoms with Crippen LogP contribution in [-0.2, 0) is 17.8 Å². The summed E-state index contributed by atoms with van der Waals surface area (Å²) in [5, 5.41) is 7.82. The topological polar surface area (TPSA) is 46.9 Å². The predicted molar refractivity (Wildman–Crippen MR) is 91.6 cm³/mol. The minimum atomic E-state index is -0.0616. The van der Waals surface area contributed by atoms with Crippen LogP contribution in [0.4, 0.5) is 5.69 Å². The molecule has 0 aliphatic rings. The van der Waals surface area contributed by atoms with Crippen LogP contribution in [0.15, 0.2) is 67.0 Å². The number of nitrogens with zero attached hydrogens (tertiary/aromatic N) is 2. The number of benzene rings is 2. The number of nitrogens with one attached hydrogen (secondary N) is 1. The minimum absolute atomic E-state index is 0.0616. The van der Waals surface area contributed by atoms with E-state index in [-0.39, 0.29) is 5.91 Å². The molecule has 1 aromatic heterocycles. The molecule has 23 heavy (non-hydrogen) atoms. The first-order chi connectivity index (χ1) is 11.2. The van der Waals surface area contributed by atoms with Crippen molar-refractivity contribution in [3.8, 4) is 0 Å². The summed E-state index contributed by atoms with van der Waals surface area (Å²) in [7, 11) is 0. The van der Waals surface area contributed by atoms with E-state index in [0.717, 1.165) is 11.1 Å². The number of anilines is 1. The first-order valence-corrected chi connectivity index (χ1v) is 7.68. The van der Waals surface area contributed by atoms with Crippen LogP contribution in [0.5, 0.6) is 0 Å². The Morgan fingerprint density at radius 1 is 1.09 bits per heavy atom. The molecule has 4 nitrogen and oxygen atoms in total. The maximum absolute atomic E-state index is 12.0. The lowest BCUT2D eigenvalue weighted by molar-refractivity contribution is -0.115. The van der Waals surface area contributed by atoms with Crippen molar-refractivity contribution in [3.63, 3.8) is 0 Å². The van der Waals surface area contributed by atoms with Gasteiger partial charge in [-0.1, -0.05) is 60.1 Å². The molecule has 0 unspecified atom stereocenters. The number of halogens is 1. The number of hydrogen-bond acceptors (Lipinski definition) is 2. The van der Waals surface area contributed by atoms with Gasteiger partial charge in [-0.2, -0.15) is 5.10 Å². The Hall–Kier alpha value is -2.59. The Labute approximate surface area is 139 Å². The van der Waals surface area contributed by atoms with Crippen LogP contribution in [0, 0.1) is 0 Å². The molecule has 1 amide bonds. The van der Waals surface area contributed by atoms with Gasteiger partial charge in [0.25, 0.3) is 0 Å². The number of carbonyl (C=O) groups is 1. The van der Waals surface area contributed by atoms with E-state index >= 15 is 0 Å². The highest BCUT2D eigenvalue weighted by molar-refractivity contribution is 6.31. The van der Waals surface area contributed by atoms with E-state index in [0.29, 0.717) is 23.7 Å². The van der Waals surface area contributed by atoms with Gasteiger partial charge in [0.1, 0.15) is 0 Å². The van der Waals surface area contributed by atoms with Crippen molar-refractivity contribution in [2.45, 2.75) is 13.0 Å². The number of rotatable bonds is 5. The van der Waals surface area contributed by atoms with Gasteiger partial charge in [-0.25, -0.2) is 0 Å². The van der Waals surface area contributed by atoms with Crippen LogP contribution in [-0.4, -0.2) is 15.7 Å². The number of hydrogen-bond donors (Lipinski definition) is 1. The van der Waals surface area contributed by atoms with Crippen molar-refractivity contribution in [3.05, 3.63) is 83.1 Å². The van der Waals surface area contributed by atoms with Crippen LogP contribution >= 0.6 is 11.6 Å². The Morgan fingerprint density at radius 2 is 1.83 bits per heavy atom. The normalized spacial score (nSPS) is 10.5. The third-order valence-electron chi connectivity index (χ3n) is 3.41. The maximum atomic E-state index is 12.0. The van der Waals surface area contributed by atoms with Gasteiger partial charge in [0.2, 0.25) is 5.91 Å². The van der Waals surface area contributed by atoms with Crippen molar-refractivity contribution in [1.82, 2.24) is 9.78 Å². The summed E-state index contributed by atoms with van der Waals surface area (Å²) in [6.45, 7) is 0.564. The van der Waals surface area contributed by atoms with Crippen molar-refractivity contribution >= 4 is 23.2 Å². The Balaban J connectivity index is 1.61. The van der Waals surface area contributed by atoms with Crippen LogP contribution in [0.2, 0.25) is 5.02 Å². The molecule has 3 aromatic rings. The first-order valence-electron chi connectivity index (χ1n) is 7.30. The average Bonchev–Trinajstić information content (AvgIpc) is 2.97. The molecule has 0 radical (unpaired) electrons. The van der Waals surface area contributed by atoms with E-state index in [4.69, 9.17) is 11.6 Å². The number of amides is 1. The predicted octanol–water partition coefficient (Wildman–Crippen LogP) is 3.77. The van der Waals surface area contributed by atoms with Crippen molar-refractivity contribution in [2.75, 3.05) is 5.32 Å². The van der Waals surface area contributed by atoms with Crippen LogP contribution in [0.25, 0.3) is 0 Å². The second-order valence-corrected chi connectivity index (χ2v) is 5.64. The second-order valence-electron chi connectivity index (χ2n) is 5.23. The first kappa shape index (κ1) is 15.3. The molecule has 0 saturated carbocycles.